The Balaban J connectivity index is 2.11. The van der Waals surface area contributed by atoms with Crippen LogP contribution in [0.1, 0.15) is 0 Å². The summed E-state index contributed by atoms with van der Waals surface area (Å²) >= 11 is 9.30. The summed E-state index contributed by atoms with van der Waals surface area (Å²) in [4.78, 5) is 6.47. The molecule has 3 nitrogen and oxygen atoms in total. The second-order valence-electron chi connectivity index (χ2n) is 2.80. The van der Waals surface area contributed by atoms with Crippen LogP contribution < -0.4 is 4.90 Å². The van der Waals surface area contributed by atoms with E-state index in [1.54, 1.807) is 6.33 Å². The zero-order valence-corrected chi connectivity index (χ0v) is 9.41. The maximum Gasteiger partial charge on any atom is 0.205 e. The maximum atomic E-state index is 5.89. The normalized spacial score (nSPS) is 23.5. The van der Waals surface area contributed by atoms with E-state index in [-0.39, 0.29) is 0 Å². The fourth-order valence-corrected chi connectivity index (χ4v) is 3.42. The van der Waals surface area contributed by atoms with Gasteiger partial charge in [0.25, 0.3) is 0 Å². The van der Waals surface area contributed by atoms with Crippen molar-refractivity contribution in [3.8, 4) is 0 Å². The van der Waals surface area contributed by atoms with Gasteiger partial charge in [-0.3, -0.25) is 0 Å². The molecule has 1 saturated heterocycles. The van der Waals surface area contributed by atoms with Crippen molar-refractivity contribution in [1.82, 2.24) is 9.36 Å². The third-order valence-corrected chi connectivity index (χ3v) is 4.15. The number of alkyl halides is 1. The fourth-order valence-electron chi connectivity index (χ4n) is 1.33. The molecular formula is C7H10ClN3S2. The molecule has 72 valence electrons. The van der Waals surface area contributed by atoms with Crippen LogP contribution in [0, 0.1) is 0 Å². The topological polar surface area (TPSA) is 29.0 Å². The summed E-state index contributed by atoms with van der Waals surface area (Å²) in [5, 5.41) is 1.01. The zero-order chi connectivity index (χ0) is 9.10. The van der Waals surface area contributed by atoms with Crippen LogP contribution in [0.25, 0.3) is 0 Å². The number of thioether (sulfide) groups is 1. The largest absolute Gasteiger partial charge is 0.341 e. The van der Waals surface area contributed by atoms with Gasteiger partial charge in [0.15, 0.2) is 0 Å². The van der Waals surface area contributed by atoms with Gasteiger partial charge < -0.3 is 4.90 Å². The van der Waals surface area contributed by atoms with E-state index >= 15 is 0 Å². The minimum Gasteiger partial charge on any atom is -0.341 e. The number of nitrogens with zero attached hydrogens (tertiary/aromatic N) is 3. The van der Waals surface area contributed by atoms with Crippen molar-refractivity contribution in [1.29, 1.82) is 0 Å². The predicted octanol–water partition coefficient (Wildman–Crippen LogP) is 1.70. The van der Waals surface area contributed by atoms with E-state index in [0.717, 1.165) is 23.2 Å². The van der Waals surface area contributed by atoms with Crippen LogP contribution in [0.2, 0.25) is 0 Å². The van der Waals surface area contributed by atoms with Crippen LogP contribution in [-0.2, 0) is 0 Å². The van der Waals surface area contributed by atoms with Crippen LogP contribution in [-0.4, -0.2) is 39.3 Å². The van der Waals surface area contributed by atoms with Gasteiger partial charge in [0.2, 0.25) is 5.13 Å². The fraction of sp³-hybridized carbons (Fsp3) is 0.714. The quantitative estimate of drug-likeness (QED) is 0.730. The lowest BCUT2D eigenvalue weighted by molar-refractivity contribution is 0.702. The molecule has 6 heteroatoms. The van der Waals surface area contributed by atoms with Gasteiger partial charge in [-0.05, 0) is 0 Å². The Kier molecular flexibility index (Phi) is 3.29. The number of aromatic nitrogens is 2. The van der Waals surface area contributed by atoms with E-state index in [1.807, 2.05) is 11.8 Å². The molecule has 1 atom stereocenters. The average molecular weight is 236 g/mol. The van der Waals surface area contributed by atoms with Crippen LogP contribution >= 0.6 is 34.9 Å². The van der Waals surface area contributed by atoms with Crippen LogP contribution in [0.5, 0.6) is 0 Å². The van der Waals surface area contributed by atoms with Gasteiger partial charge in [-0.2, -0.15) is 16.1 Å². The zero-order valence-electron chi connectivity index (χ0n) is 7.02. The maximum absolute atomic E-state index is 5.89. The standard InChI is InChI=1S/C7H10ClN3S2/c8-3-6-4-12-2-1-11(6)7-9-5-10-13-7/h5-6H,1-4H2. The molecule has 0 aromatic carbocycles. The van der Waals surface area contributed by atoms with Gasteiger partial charge in [0.1, 0.15) is 6.33 Å². The van der Waals surface area contributed by atoms with E-state index in [1.165, 1.54) is 11.5 Å². The number of anilines is 1. The molecule has 0 spiro atoms. The van der Waals surface area contributed by atoms with Gasteiger partial charge in [-0.15, -0.1) is 11.6 Å². The highest BCUT2D eigenvalue weighted by Gasteiger charge is 2.23. The van der Waals surface area contributed by atoms with Crippen molar-refractivity contribution in [3.05, 3.63) is 6.33 Å². The number of halogens is 1. The Labute approximate surface area is 90.7 Å². The Morgan fingerprint density at radius 2 is 2.62 bits per heavy atom. The summed E-state index contributed by atoms with van der Waals surface area (Å²) in [6.45, 7) is 1.04. The Bertz CT molecular complexity index is 254. The van der Waals surface area contributed by atoms with Crippen LogP contribution in [0.15, 0.2) is 6.33 Å². The minimum absolute atomic E-state index is 0.424. The highest BCUT2D eigenvalue weighted by Crippen LogP contribution is 2.24. The van der Waals surface area contributed by atoms with Gasteiger partial charge in [-0.25, -0.2) is 4.98 Å². The first-order valence-electron chi connectivity index (χ1n) is 4.09. The average Bonchev–Trinajstić information content (AvgIpc) is 2.70. The van der Waals surface area contributed by atoms with Crippen molar-refractivity contribution in [2.24, 2.45) is 0 Å². The Morgan fingerprint density at radius 1 is 1.69 bits per heavy atom. The monoisotopic (exact) mass is 235 g/mol. The molecular weight excluding hydrogens is 226 g/mol. The molecule has 1 aliphatic rings. The molecule has 0 aliphatic carbocycles. The third-order valence-electron chi connectivity index (χ3n) is 2.00. The molecule has 1 unspecified atom stereocenters. The molecule has 0 saturated carbocycles. The number of hydrogen-bond acceptors (Lipinski definition) is 5. The molecule has 13 heavy (non-hydrogen) atoms. The molecule has 2 rings (SSSR count). The molecule has 1 fully saturated rings. The summed E-state index contributed by atoms with van der Waals surface area (Å²) in [5.74, 6) is 2.93. The lowest BCUT2D eigenvalue weighted by atomic mass is 10.3. The number of rotatable bonds is 2. The Morgan fingerprint density at radius 3 is 3.31 bits per heavy atom. The molecule has 0 N–H and O–H groups in total. The van der Waals surface area contributed by atoms with Crippen molar-refractivity contribution in [3.63, 3.8) is 0 Å². The molecule has 0 amide bonds. The lowest BCUT2D eigenvalue weighted by Crippen LogP contribution is -2.43. The summed E-state index contributed by atoms with van der Waals surface area (Å²) in [5.41, 5.74) is 0. The van der Waals surface area contributed by atoms with Crippen molar-refractivity contribution in [2.45, 2.75) is 6.04 Å². The highest BCUT2D eigenvalue weighted by atomic mass is 35.5. The molecule has 0 bridgehead atoms. The van der Waals surface area contributed by atoms with Gasteiger partial charge in [0, 0.05) is 35.5 Å². The molecule has 0 radical (unpaired) electrons. The molecule has 1 aliphatic heterocycles. The van der Waals surface area contributed by atoms with Crippen molar-refractivity contribution < 1.29 is 0 Å². The summed E-state index contributed by atoms with van der Waals surface area (Å²) in [7, 11) is 0. The first-order valence-corrected chi connectivity index (χ1v) is 6.55. The van der Waals surface area contributed by atoms with Gasteiger partial charge in [0.05, 0.1) is 6.04 Å². The van der Waals surface area contributed by atoms with Crippen molar-refractivity contribution >= 4 is 40.0 Å². The van der Waals surface area contributed by atoms with E-state index in [4.69, 9.17) is 11.6 Å². The van der Waals surface area contributed by atoms with E-state index in [9.17, 15) is 0 Å². The second-order valence-corrected chi connectivity index (χ2v) is 5.02. The van der Waals surface area contributed by atoms with Crippen molar-refractivity contribution in [2.75, 3.05) is 28.8 Å². The molecule has 1 aromatic heterocycles. The molecule has 1 aromatic rings. The number of hydrogen-bond donors (Lipinski definition) is 0. The highest BCUT2D eigenvalue weighted by molar-refractivity contribution is 7.99. The summed E-state index contributed by atoms with van der Waals surface area (Å²) in [6, 6.07) is 0.424. The van der Waals surface area contributed by atoms with Crippen LogP contribution in [0.4, 0.5) is 5.13 Å². The van der Waals surface area contributed by atoms with E-state index in [2.05, 4.69) is 14.3 Å². The molecule has 2 heterocycles. The van der Waals surface area contributed by atoms with E-state index in [0.29, 0.717) is 11.9 Å². The second kappa shape index (κ2) is 4.48. The lowest BCUT2D eigenvalue weighted by Gasteiger charge is -2.33. The Hall–Kier alpha value is -0.000000000000000139. The first kappa shape index (κ1) is 9.55. The smallest absolute Gasteiger partial charge is 0.205 e. The third kappa shape index (κ3) is 2.08. The van der Waals surface area contributed by atoms with Crippen LogP contribution in [0.3, 0.4) is 0 Å². The summed E-state index contributed by atoms with van der Waals surface area (Å²) in [6.07, 6.45) is 1.60. The summed E-state index contributed by atoms with van der Waals surface area (Å²) < 4.78 is 4.01. The minimum atomic E-state index is 0.424. The predicted molar refractivity (Wildman–Crippen MR) is 59.1 cm³/mol. The van der Waals surface area contributed by atoms with Gasteiger partial charge in [-0.1, -0.05) is 0 Å². The van der Waals surface area contributed by atoms with E-state index < -0.39 is 0 Å². The SMILES string of the molecule is ClCC1CSCCN1c1ncns1. The van der Waals surface area contributed by atoms with Gasteiger partial charge >= 0.3 is 0 Å². The first-order chi connectivity index (χ1) is 6.42.